The Hall–Kier alpha value is -12.6. The quantitative estimate of drug-likeness (QED) is 0.0595. The molecule has 5 N–H and O–H groups in total. The molecule has 10 aliphatic carbocycles. The minimum atomic E-state index is -1.11. The molecular formula is C100H120F5N25O10. The van der Waals surface area contributed by atoms with E-state index in [4.69, 9.17) is 47.5 Å². The van der Waals surface area contributed by atoms with E-state index in [-0.39, 0.29) is 117 Å². The highest BCUT2D eigenvalue weighted by atomic mass is 19.2. The molecule has 140 heavy (non-hydrogen) atoms. The molecule has 25 rings (SSSR count). The number of aryl methyl sites for hydroxylation is 5. The van der Waals surface area contributed by atoms with Crippen LogP contribution in [-0.2, 0) is 0 Å². The van der Waals surface area contributed by atoms with Crippen LogP contribution >= 0.6 is 0 Å². The highest BCUT2D eigenvalue weighted by Crippen LogP contribution is 2.55. The van der Waals surface area contributed by atoms with Gasteiger partial charge >= 0.3 is 0 Å². The van der Waals surface area contributed by atoms with Gasteiger partial charge in [-0.05, 0) is 262 Å². The lowest BCUT2D eigenvalue weighted by molar-refractivity contribution is 0.103. The molecule has 0 spiro atoms. The fourth-order valence-corrected chi connectivity index (χ4v) is 22.9. The van der Waals surface area contributed by atoms with Crippen molar-refractivity contribution >= 4 is 55.2 Å². The van der Waals surface area contributed by atoms with Crippen LogP contribution in [0, 0.1) is 34.6 Å². The standard InChI is InChI=1S/5C20H24FN5O2/c5*1-11-9-16(28-25-11)13-3-4-14(13)17-23-18-15(19(27)24-17)10-22-26(18)12-5-7-20(2,21)8-6-12/h5*9-10,12-14H,3-8H2,1-2H3,(H,23,24,27)/t2*12?,13-,14+,20?;2*12?,13-,14-,20?;/m1010./s1. The van der Waals surface area contributed by atoms with Crippen LogP contribution in [0.1, 0.15) is 403 Å². The minimum Gasteiger partial charge on any atom is -0.361 e. The van der Waals surface area contributed by atoms with Crippen LogP contribution < -0.4 is 27.8 Å². The summed E-state index contributed by atoms with van der Waals surface area (Å²) in [6.45, 7) is 17.8. The molecule has 0 amide bonds. The van der Waals surface area contributed by atoms with E-state index in [1.165, 1.54) is 0 Å². The number of hydrogen-bond donors (Lipinski definition) is 5. The summed E-state index contributed by atoms with van der Waals surface area (Å²) < 4.78 is 107. The van der Waals surface area contributed by atoms with E-state index in [0.29, 0.717) is 213 Å². The number of nitrogens with zero attached hydrogens (tertiary/aromatic N) is 20. The fraction of sp³-hybridized carbons (Fsp3) is 0.600. The summed E-state index contributed by atoms with van der Waals surface area (Å²) in [6.07, 6.45) is 29.6. The molecule has 15 aromatic heterocycles. The second kappa shape index (κ2) is 36.8. The molecule has 0 bridgehead atoms. The number of aromatic amines is 5. The first-order chi connectivity index (χ1) is 67.1. The molecule has 0 aromatic carbocycles. The van der Waals surface area contributed by atoms with Crippen LogP contribution in [0.5, 0.6) is 0 Å². The van der Waals surface area contributed by atoms with Crippen LogP contribution in [-0.4, -0.2) is 153 Å². The molecule has 10 saturated carbocycles. The van der Waals surface area contributed by atoms with Crippen molar-refractivity contribution in [2.75, 3.05) is 0 Å². The van der Waals surface area contributed by atoms with Gasteiger partial charge in [-0.2, -0.15) is 25.5 Å². The van der Waals surface area contributed by atoms with Gasteiger partial charge in [-0.25, -0.2) is 70.3 Å². The van der Waals surface area contributed by atoms with Crippen molar-refractivity contribution in [3.63, 3.8) is 0 Å². The molecule has 740 valence electrons. The minimum absolute atomic E-state index is 0.0811. The number of alkyl halides is 5. The first kappa shape index (κ1) is 93.7. The number of H-pyrrole nitrogens is 5. The summed E-state index contributed by atoms with van der Waals surface area (Å²) >= 11 is 0. The van der Waals surface area contributed by atoms with Gasteiger partial charge in [-0.15, -0.1) is 0 Å². The van der Waals surface area contributed by atoms with Crippen molar-refractivity contribution in [1.29, 1.82) is 0 Å². The molecule has 0 aliphatic heterocycles. The largest absolute Gasteiger partial charge is 0.361 e. The Morgan fingerprint density at radius 2 is 0.400 bits per heavy atom. The number of rotatable bonds is 15. The SMILES string of the molecule is Cc1cc(C2CCC2c2nc3c(cnn3C3CCC(C)(F)CC3)c(=O)[nH]2)on1.Cc1cc([C@@H]2CC[C@@H]2c2nc3c(cnn3C3CCC(C)(F)CC3)c(=O)[nH]2)on1.Cc1cc([C@@H]2CC[C@H]2c2nc3c(cnn3C3CCC(C)(F)CC3)c(=O)[nH]2)on1.Cc1cc([C@H]2CC[C@@H]2c2nc3c(cnn3C3CCC(C)(F)CC3)c(=O)[nH]2)on1.Cc1cc([C@H]2CC[C@H]2c2nc3c(cnn3C3CCC(C)(F)CC3)c(=O)[nH]2)on1. The van der Waals surface area contributed by atoms with Gasteiger partial charge in [0, 0.05) is 89.5 Å². The lowest BCUT2D eigenvalue weighted by atomic mass is 9.71. The molecule has 35 nitrogen and oxygen atoms in total. The lowest BCUT2D eigenvalue weighted by Crippen LogP contribution is -2.29. The summed E-state index contributed by atoms with van der Waals surface area (Å²) in [6, 6.07) is 10.2. The monoisotopic (exact) mass is 1930 g/mol. The van der Waals surface area contributed by atoms with Gasteiger partial charge in [0.05, 0.1) is 89.7 Å². The third kappa shape index (κ3) is 18.7. The Morgan fingerprint density at radius 3 is 0.529 bits per heavy atom. The van der Waals surface area contributed by atoms with Gasteiger partial charge in [-0.1, -0.05) is 25.8 Å². The van der Waals surface area contributed by atoms with Crippen LogP contribution in [0.25, 0.3) is 55.2 Å². The smallest absolute Gasteiger partial charge is 0.262 e. The molecule has 15 aromatic rings. The van der Waals surface area contributed by atoms with Crippen LogP contribution in [0.3, 0.4) is 0 Å². The average Bonchev–Trinajstić information content (AvgIpc) is 1.49. The summed E-state index contributed by atoms with van der Waals surface area (Å²) in [5.41, 5.74) is 0.900. The van der Waals surface area contributed by atoms with E-state index in [2.05, 4.69) is 76.2 Å². The number of halogens is 5. The van der Waals surface area contributed by atoms with Crippen LogP contribution in [0.4, 0.5) is 22.0 Å². The lowest BCUT2D eigenvalue weighted by Gasteiger charge is -2.34. The number of hydrogen-bond acceptors (Lipinski definition) is 25. The number of nitrogens with one attached hydrogen (secondary N) is 5. The molecular weight excluding hydrogens is 1810 g/mol. The first-order valence-electron chi connectivity index (χ1n) is 50.0. The molecule has 15 heterocycles. The van der Waals surface area contributed by atoms with Crippen molar-refractivity contribution in [2.24, 2.45) is 0 Å². The van der Waals surface area contributed by atoms with Gasteiger partial charge in [-0.3, -0.25) is 24.0 Å². The molecule has 40 heteroatoms. The third-order valence-corrected chi connectivity index (χ3v) is 32.3. The average molecular weight is 1930 g/mol. The van der Waals surface area contributed by atoms with Gasteiger partial charge in [0.2, 0.25) is 0 Å². The van der Waals surface area contributed by atoms with Crippen LogP contribution in [0.15, 0.2) is 108 Å². The first-order valence-corrected chi connectivity index (χ1v) is 50.0. The van der Waals surface area contributed by atoms with Gasteiger partial charge in [0.1, 0.15) is 113 Å². The summed E-state index contributed by atoms with van der Waals surface area (Å²) in [4.78, 5) is 102. The van der Waals surface area contributed by atoms with Crippen molar-refractivity contribution < 1.29 is 44.6 Å². The normalized spacial score (nSPS) is 30.5. The van der Waals surface area contributed by atoms with Crippen molar-refractivity contribution in [2.45, 2.75) is 380 Å². The highest BCUT2D eigenvalue weighted by Gasteiger charge is 2.47. The molecule has 0 radical (unpaired) electrons. The Morgan fingerprint density at radius 1 is 0.250 bits per heavy atom. The van der Waals surface area contributed by atoms with E-state index < -0.39 is 28.3 Å². The van der Waals surface area contributed by atoms with E-state index in [1.54, 1.807) is 65.6 Å². The van der Waals surface area contributed by atoms with E-state index in [0.717, 1.165) is 121 Å². The van der Waals surface area contributed by atoms with Gasteiger partial charge in [0.25, 0.3) is 27.8 Å². The molecule has 2 unspecified atom stereocenters. The van der Waals surface area contributed by atoms with Crippen molar-refractivity contribution in [3.05, 3.63) is 199 Å². The topological polar surface area (TPSA) is 448 Å². The van der Waals surface area contributed by atoms with E-state index in [1.807, 2.05) is 88.4 Å². The Labute approximate surface area is 799 Å². The maximum Gasteiger partial charge on any atom is 0.262 e. The van der Waals surface area contributed by atoms with Gasteiger partial charge in [0.15, 0.2) is 28.2 Å². The number of fused-ring (bicyclic) bond motifs is 5. The molecule has 0 saturated heterocycles. The molecule has 10 atom stereocenters. The van der Waals surface area contributed by atoms with E-state index in [9.17, 15) is 45.9 Å². The second-order valence-electron chi connectivity index (χ2n) is 42.9. The molecule has 10 aliphatic rings. The van der Waals surface area contributed by atoms with Gasteiger partial charge < -0.3 is 47.5 Å². The Balaban J connectivity index is 0.000000104. The Kier molecular flexibility index (Phi) is 24.7. The maximum atomic E-state index is 14.2. The molecule has 10 fully saturated rings. The Bertz CT molecular complexity index is 6360. The van der Waals surface area contributed by atoms with Crippen LogP contribution in [0.2, 0.25) is 0 Å². The predicted molar refractivity (Wildman–Crippen MR) is 506 cm³/mol. The third-order valence-electron chi connectivity index (χ3n) is 32.3. The zero-order valence-corrected chi connectivity index (χ0v) is 80.6. The summed E-state index contributed by atoms with van der Waals surface area (Å²) in [7, 11) is 0. The van der Waals surface area contributed by atoms with Crippen molar-refractivity contribution in [1.82, 2.24) is 125 Å². The maximum absolute atomic E-state index is 14.2. The fourth-order valence-electron chi connectivity index (χ4n) is 22.9. The summed E-state index contributed by atoms with van der Waals surface area (Å²) in [5.74, 6) is 9.04. The van der Waals surface area contributed by atoms with E-state index >= 15 is 0 Å². The zero-order chi connectivity index (χ0) is 97.3. The number of aromatic nitrogens is 25. The van der Waals surface area contributed by atoms with Crippen molar-refractivity contribution in [3.8, 4) is 0 Å². The summed E-state index contributed by atoms with van der Waals surface area (Å²) in [5, 5.41) is 44.5. The zero-order valence-electron chi connectivity index (χ0n) is 80.6. The predicted octanol–water partition coefficient (Wildman–Crippen LogP) is 19.6. The highest BCUT2D eigenvalue weighted by molar-refractivity contribution is 5.76. The second-order valence-corrected chi connectivity index (χ2v) is 42.9.